The monoisotopic (exact) mass is 451 g/mol. The van der Waals surface area contributed by atoms with Gasteiger partial charge in [-0.25, -0.2) is 0 Å². The lowest BCUT2D eigenvalue weighted by Crippen LogP contribution is -2.43. The molecule has 0 radical (unpaired) electrons. The second kappa shape index (κ2) is 11.5. The number of hydrogen-bond acceptors (Lipinski definition) is 5. The van der Waals surface area contributed by atoms with Crippen LogP contribution in [0.5, 0.6) is 17.2 Å². The largest absolute Gasteiger partial charge is 0.490 e. The third-order valence-corrected chi connectivity index (χ3v) is 4.34. The van der Waals surface area contributed by atoms with E-state index in [0.29, 0.717) is 47.7 Å². The molecule has 162 valence electrons. The Hall–Kier alpha value is -2.71. The Morgan fingerprint density at radius 3 is 2.10 bits per heavy atom. The van der Waals surface area contributed by atoms with Crippen LogP contribution in [0.3, 0.4) is 0 Å². The van der Waals surface area contributed by atoms with Crippen molar-refractivity contribution in [1.29, 1.82) is 0 Å². The van der Waals surface area contributed by atoms with Crippen LogP contribution in [-0.2, 0) is 0 Å². The minimum atomic E-state index is -0.406. The number of hydrogen-bond donors (Lipinski definition) is 3. The second-order valence-corrected chi connectivity index (χ2v) is 6.94. The van der Waals surface area contributed by atoms with Crippen LogP contribution < -0.4 is 30.4 Å². The molecule has 0 spiro atoms. The number of ether oxygens (including phenoxy) is 3. The summed E-state index contributed by atoms with van der Waals surface area (Å²) in [7, 11) is 0. The summed E-state index contributed by atoms with van der Waals surface area (Å²) in [6, 6.07) is 8.59. The van der Waals surface area contributed by atoms with E-state index in [4.69, 9.17) is 38.0 Å². The van der Waals surface area contributed by atoms with Gasteiger partial charge in [0.05, 0.1) is 19.8 Å². The summed E-state index contributed by atoms with van der Waals surface area (Å²) < 4.78 is 16.9. The zero-order valence-corrected chi connectivity index (χ0v) is 19.0. The van der Waals surface area contributed by atoms with Crippen LogP contribution in [0.25, 0.3) is 0 Å². The topological polar surface area (TPSA) is 80.9 Å². The maximum atomic E-state index is 12.7. The molecule has 0 aliphatic heterocycles. The Morgan fingerprint density at radius 1 is 0.967 bits per heavy atom. The van der Waals surface area contributed by atoms with E-state index in [2.05, 4.69) is 16.2 Å². The van der Waals surface area contributed by atoms with E-state index >= 15 is 0 Å². The maximum Gasteiger partial charge on any atom is 0.269 e. The fourth-order valence-electron chi connectivity index (χ4n) is 2.63. The van der Waals surface area contributed by atoms with Gasteiger partial charge >= 0.3 is 0 Å². The molecule has 7 nitrogen and oxygen atoms in total. The Balaban J connectivity index is 2.12. The summed E-state index contributed by atoms with van der Waals surface area (Å²) >= 11 is 11.2. The predicted molar refractivity (Wildman–Crippen MR) is 123 cm³/mol. The first kappa shape index (κ1) is 23.6. The average molecular weight is 452 g/mol. The number of benzene rings is 2. The van der Waals surface area contributed by atoms with Gasteiger partial charge in [0.25, 0.3) is 5.91 Å². The van der Waals surface area contributed by atoms with Crippen molar-refractivity contribution in [2.75, 3.05) is 25.1 Å². The van der Waals surface area contributed by atoms with Crippen LogP contribution in [0.15, 0.2) is 30.3 Å². The highest BCUT2D eigenvalue weighted by atomic mass is 35.5. The molecule has 9 heteroatoms. The molecule has 0 aliphatic rings. The molecule has 0 aromatic heterocycles. The van der Waals surface area contributed by atoms with Crippen molar-refractivity contribution < 1.29 is 19.0 Å². The molecule has 0 heterocycles. The molecular weight excluding hydrogens is 426 g/mol. The molecule has 0 bridgehead atoms. The average Bonchev–Trinajstić information content (AvgIpc) is 2.71. The van der Waals surface area contributed by atoms with Gasteiger partial charge in [0.15, 0.2) is 16.6 Å². The number of aryl methyl sites for hydroxylation is 1. The summed E-state index contributed by atoms with van der Waals surface area (Å²) in [6.45, 7) is 8.76. The number of thiocarbonyl (C=S) groups is 1. The Morgan fingerprint density at radius 2 is 1.57 bits per heavy atom. The van der Waals surface area contributed by atoms with Crippen LogP contribution in [0.2, 0.25) is 5.02 Å². The molecule has 0 saturated heterocycles. The summed E-state index contributed by atoms with van der Waals surface area (Å²) in [5, 5.41) is 3.88. The Labute approximate surface area is 187 Å². The third-order valence-electron chi connectivity index (χ3n) is 3.90. The first-order chi connectivity index (χ1) is 14.4. The zero-order chi connectivity index (χ0) is 22.1. The van der Waals surface area contributed by atoms with Gasteiger partial charge < -0.3 is 19.5 Å². The fraction of sp³-hybridized carbons (Fsp3) is 0.333. The van der Waals surface area contributed by atoms with Crippen LogP contribution in [-0.4, -0.2) is 30.8 Å². The minimum absolute atomic E-state index is 0.231. The normalized spacial score (nSPS) is 10.2. The van der Waals surface area contributed by atoms with Gasteiger partial charge in [-0.1, -0.05) is 11.6 Å². The van der Waals surface area contributed by atoms with Gasteiger partial charge in [0.2, 0.25) is 5.75 Å². The molecule has 0 aliphatic carbocycles. The van der Waals surface area contributed by atoms with Crippen molar-refractivity contribution in [3.05, 3.63) is 46.5 Å². The van der Waals surface area contributed by atoms with Gasteiger partial charge in [-0.3, -0.25) is 15.6 Å². The SMILES string of the molecule is CCOc1cc(C(=O)NNC(=S)Nc2ccc(Cl)cc2C)cc(OCC)c1OCC. The fourth-order valence-corrected chi connectivity index (χ4v) is 3.01. The summed E-state index contributed by atoms with van der Waals surface area (Å²) in [6.07, 6.45) is 0. The quantitative estimate of drug-likeness (QED) is 0.403. The molecule has 30 heavy (non-hydrogen) atoms. The van der Waals surface area contributed by atoms with E-state index < -0.39 is 5.91 Å². The van der Waals surface area contributed by atoms with Crippen LogP contribution in [0.4, 0.5) is 5.69 Å². The van der Waals surface area contributed by atoms with Crippen molar-refractivity contribution in [3.8, 4) is 17.2 Å². The number of halogens is 1. The number of amides is 1. The number of rotatable bonds is 8. The predicted octanol–water partition coefficient (Wildman–Crippen LogP) is 4.48. The Kier molecular flexibility index (Phi) is 9.01. The molecule has 2 aromatic rings. The van der Waals surface area contributed by atoms with E-state index in [9.17, 15) is 4.79 Å². The first-order valence-corrected chi connectivity index (χ1v) is 10.4. The lowest BCUT2D eigenvalue weighted by Gasteiger charge is -2.17. The van der Waals surface area contributed by atoms with Crippen molar-refractivity contribution in [2.24, 2.45) is 0 Å². The highest BCUT2D eigenvalue weighted by molar-refractivity contribution is 7.80. The summed E-state index contributed by atoms with van der Waals surface area (Å²) in [5.74, 6) is 0.943. The van der Waals surface area contributed by atoms with Crippen molar-refractivity contribution in [3.63, 3.8) is 0 Å². The zero-order valence-electron chi connectivity index (χ0n) is 17.4. The van der Waals surface area contributed by atoms with Gasteiger partial charge in [0.1, 0.15) is 0 Å². The van der Waals surface area contributed by atoms with Crippen molar-refractivity contribution >= 4 is 40.5 Å². The lowest BCUT2D eigenvalue weighted by molar-refractivity contribution is 0.0943. The van der Waals surface area contributed by atoms with Gasteiger partial charge in [-0.2, -0.15) is 0 Å². The molecule has 2 rings (SSSR count). The van der Waals surface area contributed by atoms with Crippen molar-refractivity contribution in [1.82, 2.24) is 10.9 Å². The van der Waals surface area contributed by atoms with Crippen LogP contribution in [0, 0.1) is 6.92 Å². The molecule has 2 aromatic carbocycles. The highest BCUT2D eigenvalue weighted by Crippen LogP contribution is 2.39. The number of carbonyl (C=O) groups excluding carboxylic acids is 1. The number of nitrogens with one attached hydrogen (secondary N) is 3. The second-order valence-electron chi connectivity index (χ2n) is 6.09. The number of anilines is 1. The molecule has 0 fully saturated rings. The van der Waals surface area contributed by atoms with Gasteiger partial charge in [-0.05, 0) is 75.8 Å². The number of hydrazine groups is 1. The van der Waals surface area contributed by atoms with Crippen LogP contribution >= 0.6 is 23.8 Å². The van der Waals surface area contributed by atoms with Crippen molar-refractivity contribution in [2.45, 2.75) is 27.7 Å². The van der Waals surface area contributed by atoms with Gasteiger partial charge in [0, 0.05) is 16.3 Å². The van der Waals surface area contributed by atoms with Crippen LogP contribution in [0.1, 0.15) is 36.7 Å². The molecule has 0 atom stereocenters. The maximum absolute atomic E-state index is 12.7. The molecule has 1 amide bonds. The molecule has 0 unspecified atom stereocenters. The Bertz CT molecular complexity index is 881. The van der Waals surface area contributed by atoms with E-state index in [1.165, 1.54) is 0 Å². The summed E-state index contributed by atoms with van der Waals surface area (Å²) in [4.78, 5) is 12.7. The standard InChI is InChI=1S/C21H26ClN3O4S/c1-5-27-17-11-14(12-18(28-6-2)19(17)29-7-3)20(26)24-25-21(30)23-16-9-8-15(22)10-13(16)4/h8-12H,5-7H2,1-4H3,(H,24,26)(H2,23,25,30). The minimum Gasteiger partial charge on any atom is -0.490 e. The highest BCUT2D eigenvalue weighted by Gasteiger charge is 2.18. The van der Waals surface area contributed by atoms with E-state index in [1.807, 2.05) is 39.8 Å². The van der Waals surface area contributed by atoms with E-state index in [0.717, 1.165) is 11.3 Å². The van der Waals surface area contributed by atoms with Gasteiger partial charge in [-0.15, -0.1) is 0 Å². The first-order valence-electron chi connectivity index (χ1n) is 9.59. The number of carbonyl (C=O) groups is 1. The third kappa shape index (κ3) is 6.40. The smallest absolute Gasteiger partial charge is 0.269 e. The molecule has 0 saturated carbocycles. The van der Waals surface area contributed by atoms with E-state index in [-0.39, 0.29) is 5.11 Å². The van der Waals surface area contributed by atoms with E-state index in [1.54, 1.807) is 18.2 Å². The summed E-state index contributed by atoms with van der Waals surface area (Å²) in [5.41, 5.74) is 7.30. The molecular formula is C21H26ClN3O4S. The lowest BCUT2D eigenvalue weighted by atomic mass is 10.1. The molecule has 3 N–H and O–H groups in total.